The molecule has 0 aliphatic heterocycles. The molecule has 0 saturated carbocycles. The van der Waals surface area contributed by atoms with Crippen LogP contribution >= 0.6 is 11.6 Å². The van der Waals surface area contributed by atoms with Crippen molar-refractivity contribution in [1.29, 1.82) is 0 Å². The number of aliphatic carboxylic acids is 1. The van der Waals surface area contributed by atoms with Gasteiger partial charge in [0.2, 0.25) is 5.78 Å². The van der Waals surface area contributed by atoms with E-state index in [1.165, 1.54) is 12.1 Å². The highest BCUT2D eigenvalue weighted by Gasteiger charge is 2.23. The number of halogens is 1. The summed E-state index contributed by atoms with van der Waals surface area (Å²) in [5.74, 6) is -3.13. The maximum absolute atomic E-state index is 12.6. The molecule has 6 nitrogen and oxygen atoms in total. The molecule has 31 heavy (non-hydrogen) atoms. The van der Waals surface area contributed by atoms with E-state index in [2.05, 4.69) is 0 Å². The van der Waals surface area contributed by atoms with Gasteiger partial charge in [-0.25, -0.2) is 4.79 Å². The first-order chi connectivity index (χ1) is 14.9. The van der Waals surface area contributed by atoms with Crippen LogP contribution < -0.4 is 9.47 Å². The summed E-state index contributed by atoms with van der Waals surface area (Å²) in [5.41, 5.74) is 1.81. The Bertz CT molecular complexity index is 1080. The molecule has 3 aromatic carbocycles. The molecule has 0 spiro atoms. The molecule has 0 atom stereocenters. The van der Waals surface area contributed by atoms with Crippen LogP contribution in [0.25, 0.3) is 0 Å². The summed E-state index contributed by atoms with van der Waals surface area (Å²) in [6.45, 7) is 0.414. The average molecular weight is 439 g/mol. The molecule has 3 aromatic rings. The van der Waals surface area contributed by atoms with Crippen molar-refractivity contribution in [3.05, 3.63) is 94.5 Å². The minimum absolute atomic E-state index is 0.0163. The van der Waals surface area contributed by atoms with Crippen molar-refractivity contribution >= 4 is 29.1 Å². The molecule has 0 aliphatic carbocycles. The summed E-state index contributed by atoms with van der Waals surface area (Å²) in [6, 6.07) is 21.6. The number of carboxylic acids is 1. The number of carbonyl (C=O) groups excluding carboxylic acids is 2. The zero-order chi connectivity index (χ0) is 22.2. The third kappa shape index (κ3) is 6.17. The van der Waals surface area contributed by atoms with Gasteiger partial charge in [0.05, 0.1) is 17.0 Å². The Morgan fingerprint density at radius 1 is 0.774 bits per heavy atom. The number of Topliss-reactive ketones (excluding diaryl/α,β-unsaturated/α-hetero) is 2. The largest absolute Gasteiger partial charge is 0.488 e. The van der Waals surface area contributed by atoms with Crippen LogP contribution in [0.2, 0.25) is 5.02 Å². The number of ether oxygens (including phenoxy) is 2. The van der Waals surface area contributed by atoms with Crippen molar-refractivity contribution in [2.45, 2.75) is 19.6 Å². The Morgan fingerprint density at radius 3 is 1.81 bits per heavy atom. The molecule has 0 aliphatic rings. The second-order valence-corrected chi connectivity index (χ2v) is 7.06. The summed E-state index contributed by atoms with van der Waals surface area (Å²) in [6.07, 6.45) is -0.794. The fourth-order valence-electron chi connectivity index (χ4n) is 2.77. The highest BCUT2D eigenvalue weighted by Crippen LogP contribution is 2.34. The normalized spacial score (nSPS) is 10.4. The Hall–Kier alpha value is -3.64. The van der Waals surface area contributed by atoms with Crippen molar-refractivity contribution in [2.24, 2.45) is 0 Å². The third-order valence-corrected chi connectivity index (χ3v) is 4.66. The predicted octanol–water partition coefficient (Wildman–Crippen LogP) is 4.72. The summed E-state index contributed by atoms with van der Waals surface area (Å²) >= 11 is 6.29. The van der Waals surface area contributed by atoms with Crippen molar-refractivity contribution in [2.75, 3.05) is 0 Å². The molecule has 158 valence electrons. The van der Waals surface area contributed by atoms with E-state index in [9.17, 15) is 14.4 Å². The molecule has 0 heterocycles. The lowest BCUT2D eigenvalue weighted by molar-refractivity contribution is -0.148. The Labute approximate surface area is 184 Å². The summed E-state index contributed by atoms with van der Waals surface area (Å²) in [5, 5.41) is 8.94. The molecule has 0 saturated heterocycles. The lowest BCUT2D eigenvalue weighted by atomic mass is 10.0. The lowest BCUT2D eigenvalue weighted by Gasteiger charge is -2.15. The van der Waals surface area contributed by atoms with Gasteiger partial charge in [-0.2, -0.15) is 0 Å². The van der Waals surface area contributed by atoms with E-state index in [1.54, 1.807) is 0 Å². The van der Waals surface area contributed by atoms with Gasteiger partial charge in [-0.15, -0.1) is 0 Å². The molecule has 0 fully saturated rings. The van der Waals surface area contributed by atoms with Gasteiger partial charge in [0, 0.05) is 6.07 Å². The summed E-state index contributed by atoms with van der Waals surface area (Å²) < 4.78 is 11.6. The minimum atomic E-state index is -1.67. The van der Waals surface area contributed by atoms with Crippen molar-refractivity contribution in [1.82, 2.24) is 0 Å². The zero-order valence-electron chi connectivity index (χ0n) is 16.4. The summed E-state index contributed by atoms with van der Waals surface area (Å²) in [4.78, 5) is 34.9. The predicted molar refractivity (Wildman–Crippen MR) is 115 cm³/mol. The van der Waals surface area contributed by atoms with Gasteiger partial charge in [-0.3, -0.25) is 9.59 Å². The zero-order valence-corrected chi connectivity index (χ0v) is 17.2. The maximum atomic E-state index is 12.6. The van der Waals surface area contributed by atoms with Crippen LogP contribution in [0.5, 0.6) is 11.5 Å². The van der Waals surface area contributed by atoms with Crippen molar-refractivity contribution < 1.29 is 29.0 Å². The van der Waals surface area contributed by atoms with E-state index >= 15 is 0 Å². The summed E-state index contributed by atoms with van der Waals surface area (Å²) in [7, 11) is 0. The molecule has 3 rings (SSSR count). The SMILES string of the molecule is O=C(O)C(=O)CC(=O)c1cc(Cl)c(OCc2ccccc2)cc1OCc1ccccc1. The first kappa shape index (κ1) is 22.1. The average Bonchev–Trinajstić information content (AvgIpc) is 2.78. The van der Waals surface area contributed by atoms with E-state index < -0.39 is 24.0 Å². The molecule has 7 heteroatoms. The fraction of sp³-hybridized carbons (Fsp3) is 0.125. The second kappa shape index (κ2) is 10.4. The molecule has 0 unspecified atom stereocenters. The lowest BCUT2D eigenvalue weighted by Crippen LogP contribution is -2.17. The molecule has 0 aromatic heterocycles. The first-order valence-electron chi connectivity index (χ1n) is 9.40. The van der Waals surface area contributed by atoms with Crippen LogP contribution in [-0.4, -0.2) is 22.6 Å². The molecule has 0 radical (unpaired) electrons. The smallest absolute Gasteiger partial charge is 0.372 e. The number of benzene rings is 3. The number of ketones is 2. The van der Waals surface area contributed by atoms with Crippen LogP contribution in [0.1, 0.15) is 27.9 Å². The number of hydrogen-bond donors (Lipinski definition) is 1. The number of carbonyl (C=O) groups is 3. The van der Waals surface area contributed by atoms with E-state index in [0.717, 1.165) is 11.1 Å². The van der Waals surface area contributed by atoms with E-state index in [-0.39, 0.29) is 29.5 Å². The van der Waals surface area contributed by atoms with Gasteiger partial charge in [0.1, 0.15) is 24.7 Å². The first-order valence-corrected chi connectivity index (χ1v) is 9.78. The van der Waals surface area contributed by atoms with Gasteiger partial charge in [0.15, 0.2) is 5.78 Å². The standard InChI is InChI=1S/C24H19ClO6/c25-19-11-18(20(26)12-21(27)24(28)29)22(30-14-16-7-3-1-4-8-16)13-23(19)31-15-17-9-5-2-6-10-17/h1-11,13H,12,14-15H2,(H,28,29). The molecular formula is C24H19ClO6. The van der Waals surface area contributed by atoms with Crippen molar-refractivity contribution in [3.63, 3.8) is 0 Å². The Morgan fingerprint density at radius 2 is 1.29 bits per heavy atom. The highest BCUT2D eigenvalue weighted by molar-refractivity contribution is 6.38. The second-order valence-electron chi connectivity index (χ2n) is 6.66. The number of rotatable bonds is 10. The molecule has 1 N–H and O–H groups in total. The minimum Gasteiger partial charge on any atom is -0.488 e. The Balaban J connectivity index is 1.86. The molecule has 0 amide bonds. The van der Waals surface area contributed by atoms with Gasteiger partial charge >= 0.3 is 5.97 Å². The number of carboxylic acid groups (broad SMARTS) is 1. The molecular weight excluding hydrogens is 420 g/mol. The van der Waals surface area contributed by atoms with Crippen LogP contribution in [-0.2, 0) is 22.8 Å². The van der Waals surface area contributed by atoms with Crippen LogP contribution in [0.15, 0.2) is 72.8 Å². The van der Waals surface area contributed by atoms with E-state index in [1.807, 2.05) is 60.7 Å². The molecule has 0 bridgehead atoms. The van der Waals surface area contributed by atoms with Crippen LogP contribution in [0.4, 0.5) is 0 Å². The quantitative estimate of drug-likeness (QED) is 0.280. The maximum Gasteiger partial charge on any atom is 0.372 e. The Kier molecular flexibility index (Phi) is 7.40. The van der Waals surface area contributed by atoms with Gasteiger partial charge in [-0.1, -0.05) is 72.3 Å². The van der Waals surface area contributed by atoms with Gasteiger partial charge in [0.25, 0.3) is 0 Å². The fourth-order valence-corrected chi connectivity index (χ4v) is 2.99. The third-order valence-electron chi connectivity index (χ3n) is 4.37. The number of hydrogen-bond acceptors (Lipinski definition) is 5. The van der Waals surface area contributed by atoms with E-state index in [0.29, 0.717) is 5.75 Å². The highest BCUT2D eigenvalue weighted by atomic mass is 35.5. The van der Waals surface area contributed by atoms with Gasteiger partial charge in [-0.05, 0) is 17.2 Å². The van der Waals surface area contributed by atoms with Crippen LogP contribution in [0, 0.1) is 0 Å². The van der Waals surface area contributed by atoms with Gasteiger partial charge < -0.3 is 14.6 Å². The van der Waals surface area contributed by atoms with Crippen molar-refractivity contribution in [3.8, 4) is 11.5 Å². The van der Waals surface area contributed by atoms with Crippen LogP contribution in [0.3, 0.4) is 0 Å². The van der Waals surface area contributed by atoms with E-state index in [4.69, 9.17) is 26.2 Å². The monoisotopic (exact) mass is 438 g/mol. The topological polar surface area (TPSA) is 89.9 Å².